The Labute approximate surface area is 153 Å². The second-order valence-corrected chi connectivity index (χ2v) is 10.4. The number of hydrogen-bond donors (Lipinski definition) is 1. The fourth-order valence-electron chi connectivity index (χ4n) is 4.24. The van der Waals surface area contributed by atoms with Crippen LogP contribution in [0.1, 0.15) is 46.0 Å². The summed E-state index contributed by atoms with van der Waals surface area (Å²) < 4.78 is 23.3. The number of sulfone groups is 1. The molecule has 3 rings (SSSR count). The highest BCUT2D eigenvalue weighted by Gasteiger charge is 2.31. The summed E-state index contributed by atoms with van der Waals surface area (Å²) in [5.74, 6) is 1.80. The van der Waals surface area contributed by atoms with Gasteiger partial charge in [-0.15, -0.1) is 0 Å². The van der Waals surface area contributed by atoms with E-state index in [1.165, 1.54) is 38.8 Å². The lowest BCUT2D eigenvalue weighted by atomic mass is 10.1. The third kappa shape index (κ3) is 5.33. The molecule has 0 radical (unpaired) electrons. The van der Waals surface area contributed by atoms with Crippen molar-refractivity contribution in [2.24, 2.45) is 10.9 Å². The van der Waals surface area contributed by atoms with Crippen molar-refractivity contribution in [2.75, 3.05) is 44.2 Å². The molecule has 6 nitrogen and oxygen atoms in total. The smallest absolute Gasteiger partial charge is 0.194 e. The van der Waals surface area contributed by atoms with Gasteiger partial charge in [0.1, 0.15) is 0 Å². The summed E-state index contributed by atoms with van der Waals surface area (Å²) in [6, 6.07) is 0.978. The molecular weight excluding hydrogens is 336 g/mol. The molecular formula is C18H34N4O2S. The van der Waals surface area contributed by atoms with Gasteiger partial charge in [0.2, 0.25) is 0 Å². The van der Waals surface area contributed by atoms with Crippen LogP contribution in [-0.4, -0.2) is 80.5 Å². The molecule has 0 aromatic rings. The van der Waals surface area contributed by atoms with E-state index in [0.717, 1.165) is 25.5 Å². The molecule has 0 amide bonds. The molecule has 3 aliphatic heterocycles. The molecule has 0 aromatic heterocycles. The quantitative estimate of drug-likeness (QED) is 0.597. The van der Waals surface area contributed by atoms with Gasteiger partial charge >= 0.3 is 0 Å². The van der Waals surface area contributed by atoms with E-state index in [-0.39, 0.29) is 5.92 Å². The largest absolute Gasteiger partial charge is 0.354 e. The maximum Gasteiger partial charge on any atom is 0.194 e. The highest BCUT2D eigenvalue weighted by molar-refractivity contribution is 7.91. The van der Waals surface area contributed by atoms with Gasteiger partial charge in [-0.3, -0.25) is 9.89 Å². The fraction of sp³-hybridized carbons (Fsp3) is 0.944. The fourth-order valence-corrected chi connectivity index (χ4v) is 6.09. The average Bonchev–Trinajstić information content (AvgIpc) is 3.18. The zero-order valence-corrected chi connectivity index (χ0v) is 16.6. The van der Waals surface area contributed by atoms with E-state index in [0.29, 0.717) is 30.1 Å². The topological polar surface area (TPSA) is 65.0 Å². The lowest BCUT2D eigenvalue weighted by Gasteiger charge is -2.32. The normalized spacial score (nSPS) is 31.0. The zero-order chi connectivity index (χ0) is 17.9. The van der Waals surface area contributed by atoms with Gasteiger partial charge in [0, 0.05) is 31.7 Å². The first-order valence-corrected chi connectivity index (χ1v) is 11.8. The zero-order valence-electron chi connectivity index (χ0n) is 15.8. The van der Waals surface area contributed by atoms with E-state index < -0.39 is 9.84 Å². The van der Waals surface area contributed by atoms with E-state index in [1.54, 1.807) is 0 Å². The summed E-state index contributed by atoms with van der Waals surface area (Å²) in [6.45, 7) is 9.45. The minimum atomic E-state index is -2.82. The van der Waals surface area contributed by atoms with Crippen LogP contribution in [0.3, 0.4) is 0 Å². The third-order valence-electron chi connectivity index (χ3n) is 5.61. The van der Waals surface area contributed by atoms with Crippen molar-refractivity contribution in [1.82, 2.24) is 15.1 Å². The van der Waals surface area contributed by atoms with Crippen LogP contribution in [-0.2, 0) is 9.84 Å². The Morgan fingerprint density at radius 1 is 1.16 bits per heavy atom. The molecule has 0 saturated carbocycles. The molecule has 2 unspecified atom stereocenters. The van der Waals surface area contributed by atoms with Crippen LogP contribution < -0.4 is 5.32 Å². The Kier molecular flexibility index (Phi) is 6.25. The molecule has 3 heterocycles. The van der Waals surface area contributed by atoms with E-state index >= 15 is 0 Å². The van der Waals surface area contributed by atoms with Crippen molar-refractivity contribution in [1.29, 1.82) is 0 Å². The Bertz CT molecular complexity index is 570. The van der Waals surface area contributed by atoms with Crippen LogP contribution in [0.15, 0.2) is 4.99 Å². The molecule has 7 heteroatoms. The van der Waals surface area contributed by atoms with Gasteiger partial charge < -0.3 is 10.2 Å². The second kappa shape index (κ2) is 8.25. The Morgan fingerprint density at radius 2 is 1.92 bits per heavy atom. The summed E-state index contributed by atoms with van der Waals surface area (Å²) in [7, 11) is -2.82. The molecule has 0 spiro atoms. The van der Waals surface area contributed by atoms with Gasteiger partial charge in [-0.25, -0.2) is 8.42 Å². The van der Waals surface area contributed by atoms with Crippen molar-refractivity contribution in [2.45, 2.75) is 58.0 Å². The molecule has 144 valence electrons. The highest BCUT2D eigenvalue weighted by atomic mass is 32.2. The molecule has 25 heavy (non-hydrogen) atoms. The highest BCUT2D eigenvalue weighted by Crippen LogP contribution is 2.21. The van der Waals surface area contributed by atoms with Gasteiger partial charge in [-0.1, -0.05) is 6.42 Å². The SMILES string of the molecule is CC(C)NC(=NCC1CCS(=O)(=O)C1)N1CCC(N2CCCCC2)C1. The van der Waals surface area contributed by atoms with Crippen molar-refractivity contribution in [3.05, 3.63) is 0 Å². The Hall–Kier alpha value is -0.820. The summed E-state index contributed by atoms with van der Waals surface area (Å²) >= 11 is 0. The average molecular weight is 371 g/mol. The monoisotopic (exact) mass is 370 g/mol. The molecule has 0 bridgehead atoms. The molecule has 3 aliphatic rings. The number of nitrogens with zero attached hydrogens (tertiary/aromatic N) is 3. The summed E-state index contributed by atoms with van der Waals surface area (Å²) in [6.07, 6.45) is 6.00. The van der Waals surface area contributed by atoms with E-state index in [9.17, 15) is 8.42 Å². The summed E-state index contributed by atoms with van der Waals surface area (Å²) in [5, 5.41) is 3.50. The van der Waals surface area contributed by atoms with E-state index in [4.69, 9.17) is 4.99 Å². The number of nitrogens with one attached hydrogen (secondary N) is 1. The Balaban J connectivity index is 1.59. The van der Waals surface area contributed by atoms with E-state index in [1.807, 2.05) is 0 Å². The number of guanidine groups is 1. The summed E-state index contributed by atoms with van der Waals surface area (Å²) in [5.41, 5.74) is 0. The second-order valence-electron chi connectivity index (χ2n) is 8.22. The van der Waals surface area contributed by atoms with Crippen LogP contribution in [0.5, 0.6) is 0 Å². The van der Waals surface area contributed by atoms with Gasteiger partial charge in [-0.2, -0.15) is 0 Å². The first-order chi connectivity index (χ1) is 11.9. The standard InChI is InChI=1S/C18H34N4O2S/c1-15(2)20-18(19-12-16-7-11-25(23,24)14-16)22-10-6-17(13-22)21-8-4-3-5-9-21/h15-17H,3-14H2,1-2H3,(H,19,20). The van der Waals surface area contributed by atoms with E-state index in [2.05, 4.69) is 29.0 Å². The number of likely N-dealkylation sites (tertiary alicyclic amines) is 2. The lowest BCUT2D eigenvalue weighted by molar-refractivity contribution is 0.168. The lowest BCUT2D eigenvalue weighted by Crippen LogP contribution is -2.46. The maximum absolute atomic E-state index is 11.7. The first-order valence-electron chi connectivity index (χ1n) is 9.93. The predicted octanol–water partition coefficient (Wildman–Crippen LogP) is 1.34. The van der Waals surface area contributed by atoms with Crippen molar-refractivity contribution < 1.29 is 8.42 Å². The van der Waals surface area contributed by atoms with Crippen molar-refractivity contribution >= 4 is 15.8 Å². The van der Waals surface area contributed by atoms with Gasteiger partial charge in [0.05, 0.1) is 11.5 Å². The van der Waals surface area contributed by atoms with Crippen molar-refractivity contribution in [3.63, 3.8) is 0 Å². The van der Waals surface area contributed by atoms with Crippen LogP contribution >= 0.6 is 0 Å². The Morgan fingerprint density at radius 3 is 2.56 bits per heavy atom. The number of piperidine rings is 1. The molecule has 3 saturated heterocycles. The maximum atomic E-state index is 11.7. The molecule has 0 aromatic carbocycles. The number of aliphatic imine (C=N–C) groups is 1. The minimum Gasteiger partial charge on any atom is -0.354 e. The van der Waals surface area contributed by atoms with Gasteiger partial charge in [0.25, 0.3) is 0 Å². The number of rotatable bonds is 4. The van der Waals surface area contributed by atoms with Crippen LogP contribution in [0.25, 0.3) is 0 Å². The summed E-state index contributed by atoms with van der Waals surface area (Å²) in [4.78, 5) is 9.85. The molecule has 2 atom stereocenters. The van der Waals surface area contributed by atoms with Crippen molar-refractivity contribution in [3.8, 4) is 0 Å². The first kappa shape index (κ1) is 19.0. The van der Waals surface area contributed by atoms with Crippen LogP contribution in [0, 0.1) is 5.92 Å². The van der Waals surface area contributed by atoms with Gasteiger partial charge in [0.15, 0.2) is 15.8 Å². The predicted molar refractivity (Wildman–Crippen MR) is 103 cm³/mol. The minimum absolute atomic E-state index is 0.189. The van der Waals surface area contributed by atoms with Crippen LogP contribution in [0.2, 0.25) is 0 Å². The molecule has 3 fully saturated rings. The number of hydrogen-bond acceptors (Lipinski definition) is 4. The molecule has 1 N–H and O–H groups in total. The van der Waals surface area contributed by atoms with Gasteiger partial charge in [-0.05, 0) is 58.5 Å². The third-order valence-corrected chi connectivity index (χ3v) is 7.45. The molecule has 0 aliphatic carbocycles. The van der Waals surface area contributed by atoms with Crippen LogP contribution in [0.4, 0.5) is 0 Å².